The lowest BCUT2D eigenvalue weighted by molar-refractivity contribution is 0.340. The summed E-state index contributed by atoms with van der Waals surface area (Å²) in [6.07, 6.45) is 0. The summed E-state index contributed by atoms with van der Waals surface area (Å²) in [4.78, 5) is 0. The van der Waals surface area contributed by atoms with Crippen LogP contribution in [0.2, 0.25) is 0 Å². The van der Waals surface area contributed by atoms with Crippen LogP contribution in [-0.2, 0) is 6.54 Å². The molecule has 0 heterocycles. The summed E-state index contributed by atoms with van der Waals surface area (Å²) in [7, 11) is 0. The summed E-state index contributed by atoms with van der Waals surface area (Å²) in [5, 5.41) is 3.18. The largest absolute Gasteiger partial charge is 0.494 e. The number of hydrogen-bond acceptors (Lipinski definition) is 2. The highest BCUT2D eigenvalue weighted by Crippen LogP contribution is 2.19. The van der Waals surface area contributed by atoms with Gasteiger partial charge in [-0.1, -0.05) is 22.0 Å². The van der Waals surface area contributed by atoms with Crippen molar-refractivity contribution in [2.75, 3.05) is 11.9 Å². The molecule has 0 unspecified atom stereocenters. The quantitative estimate of drug-likeness (QED) is 0.868. The summed E-state index contributed by atoms with van der Waals surface area (Å²) < 4.78 is 19.7. The Balaban J connectivity index is 1.98. The Morgan fingerprint density at radius 2 is 1.89 bits per heavy atom. The number of hydrogen-bond donors (Lipinski definition) is 1. The Morgan fingerprint density at radius 3 is 2.53 bits per heavy atom. The molecule has 0 saturated heterocycles. The topological polar surface area (TPSA) is 21.3 Å². The smallest absolute Gasteiger partial charge is 0.129 e. The number of ether oxygens (including phenoxy) is 1. The van der Waals surface area contributed by atoms with E-state index < -0.39 is 0 Å². The van der Waals surface area contributed by atoms with E-state index in [-0.39, 0.29) is 5.82 Å². The number of nitrogens with one attached hydrogen (secondary N) is 1. The predicted molar refractivity (Wildman–Crippen MR) is 79.0 cm³/mol. The standard InChI is InChI=1S/C15H15BrFNO/c1-2-19-14-7-5-13(6-8-14)18-10-11-3-4-12(16)9-15(11)17/h3-9,18H,2,10H2,1H3. The van der Waals surface area contributed by atoms with Crippen LogP contribution >= 0.6 is 15.9 Å². The molecule has 0 aliphatic heterocycles. The van der Waals surface area contributed by atoms with Gasteiger partial charge in [0.25, 0.3) is 0 Å². The van der Waals surface area contributed by atoms with Crippen molar-refractivity contribution in [1.82, 2.24) is 0 Å². The van der Waals surface area contributed by atoms with E-state index in [0.717, 1.165) is 15.9 Å². The van der Waals surface area contributed by atoms with E-state index in [2.05, 4.69) is 21.2 Å². The summed E-state index contributed by atoms with van der Waals surface area (Å²) in [6.45, 7) is 3.05. The summed E-state index contributed by atoms with van der Waals surface area (Å²) in [6, 6.07) is 12.7. The zero-order valence-electron chi connectivity index (χ0n) is 10.6. The molecule has 0 spiro atoms. The van der Waals surface area contributed by atoms with Crippen LogP contribution in [0.3, 0.4) is 0 Å². The van der Waals surface area contributed by atoms with Crippen molar-refractivity contribution in [1.29, 1.82) is 0 Å². The van der Waals surface area contributed by atoms with E-state index in [0.29, 0.717) is 18.7 Å². The third kappa shape index (κ3) is 3.96. The lowest BCUT2D eigenvalue weighted by Crippen LogP contribution is -2.01. The second-order valence-corrected chi connectivity index (χ2v) is 4.96. The van der Waals surface area contributed by atoms with Crippen LogP contribution in [0.25, 0.3) is 0 Å². The maximum Gasteiger partial charge on any atom is 0.129 e. The molecule has 4 heteroatoms. The van der Waals surface area contributed by atoms with Gasteiger partial charge in [-0.05, 0) is 43.3 Å². The Kier molecular flexibility index (Phi) is 4.80. The Hall–Kier alpha value is -1.55. The summed E-state index contributed by atoms with van der Waals surface area (Å²) in [5.74, 6) is 0.621. The van der Waals surface area contributed by atoms with Crippen LogP contribution in [0.15, 0.2) is 46.9 Å². The molecule has 0 amide bonds. The summed E-state index contributed by atoms with van der Waals surface area (Å²) >= 11 is 3.24. The minimum absolute atomic E-state index is 0.215. The lowest BCUT2D eigenvalue weighted by atomic mass is 10.2. The lowest BCUT2D eigenvalue weighted by Gasteiger charge is -2.09. The minimum atomic E-state index is -0.215. The van der Waals surface area contributed by atoms with Gasteiger partial charge in [0.05, 0.1) is 6.61 Å². The van der Waals surface area contributed by atoms with Crippen molar-refractivity contribution in [2.45, 2.75) is 13.5 Å². The molecule has 0 radical (unpaired) electrons. The first kappa shape index (κ1) is 13.9. The van der Waals surface area contributed by atoms with Crippen molar-refractivity contribution in [3.63, 3.8) is 0 Å². The van der Waals surface area contributed by atoms with Gasteiger partial charge in [-0.3, -0.25) is 0 Å². The second-order valence-electron chi connectivity index (χ2n) is 4.05. The highest BCUT2D eigenvalue weighted by atomic mass is 79.9. The zero-order chi connectivity index (χ0) is 13.7. The van der Waals surface area contributed by atoms with E-state index in [1.807, 2.05) is 37.3 Å². The number of benzene rings is 2. The molecule has 2 aromatic carbocycles. The molecule has 2 aromatic rings. The van der Waals surface area contributed by atoms with E-state index in [9.17, 15) is 4.39 Å². The van der Waals surface area contributed by atoms with Crippen LogP contribution in [-0.4, -0.2) is 6.61 Å². The van der Waals surface area contributed by atoms with Crippen LogP contribution < -0.4 is 10.1 Å². The molecule has 0 atom stereocenters. The number of rotatable bonds is 5. The van der Waals surface area contributed by atoms with Gasteiger partial charge in [-0.25, -0.2) is 4.39 Å². The normalized spacial score (nSPS) is 10.3. The molecule has 0 saturated carbocycles. The van der Waals surface area contributed by atoms with Crippen LogP contribution in [0.1, 0.15) is 12.5 Å². The van der Waals surface area contributed by atoms with Gasteiger partial charge in [0, 0.05) is 22.3 Å². The van der Waals surface area contributed by atoms with E-state index >= 15 is 0 Å². The first-order chi connectivity index (χ1) is 9.19. The number of halogens is 2. The molecule has 19 heavy (non-hydrogen) atoms. The molecule has 0 fully saturated rings. The molecule has 2 nitrogen and oxygen atoms in total. The van der Waals surface area contributed by atoms with Gasteiger partial charge in [0.1, 0.15) is 11.6 Å². The fraction of sp³-hybridized carbons (Fsp3) is 0.200. The molecule has 0 aliphatic rings. The average molecular weight is 324 g/mol. The van der Waals surface area contributed by atoms with Gasteiger partial charge in [0.2, 0.25) is 0 Å². The Bertz CT molecular complexity index is 542. The third-order valence-corrected chi connectivity index (χ3v) is 3.16. The highest BCUT2D eigenvalue weighted by Gasteiger charge is 2.02. The van der Waals surface area contributed by atoms with E-state index in [1.165, 1.54) is 6.07 Å². The fourth-order valence-corrected chi connectivity index (χ4v) is 2.03. The highest BCUT2D eigenvalue weighted by molar-refractivity contribution is 9.10. The van der Waals surface area contributed by atoms with Crippen molar-refractivity contribution < 1.29 is 9.13 Å². The van der Waals surface area contributed by atoms with Crippen molar-refractivity contribution in [2.24, 2.45) is 0 Å². The zero-order valence-corrected chi connectivity index (χ0v) is 12.2. The molecule has 1 N–H and O–H groups in total. The molecule has 2 rings (SSSR count). The van der Waals surface area contributed by atoms with Crippen molar-refractivity contribution in [3.8, 4) is 5.75 Å². The molecule has 100 valence electrons. The van der Waals surface area contributed by atoms with Gasteiger partial charge >= 0.3 is 0 Å². The predicted octanol–water partition coefficient (Wildman–Crippen LogP) is 4.60. The van der Waals surface area contributed by atoms with Crippen molar-refractivity contribution in [3.05, 3.63) is 58.3 Å². The average Bonchev–Trinajstić information content (AvgIpc) is 2.40. The third-order valence-electron chi connectivity index (χ3n) is 2.66. The van der Waals surface area contributed by atoms with Crippen LogP contribution in [0, 0.1) is 5.82 Å². The van der Waals surface area contributed by atoms with Gasteiger partial charge in [0.15, 0.2) is 0 Å². The van der Waals surface area contributed by atoms with E-state index in [1.54, 1.807) is 6.07 Å². The van der Waals surface area contributed by atoms with Gasteiger partial charge < -0.3 is 10.1 Å². The van der Waals surface area contributed by atoms with Crippen LogP contribution in [0.5, 0.6) is 5.75 Å². The maximum absolute atomic E-state index is 13.6. The van der Waals surface area contributed by atoms with Crippen molar-refractivity contribution >= 4 is 21.6 Å². The first-order valence-electron chi connectivity index (χ1n) is 6.09. The molecular weight excluding hydrogens is 309 g/mol. The SMILES string of the molecule is CCOc1ccc(NCc2ccc(Br)cc2F)cc1. The minimum Gasteiger partial charge on any atom is -0.494 e. The first-order valence-corrected chi connectivity index (χ1v) is 6.89. The monoisotopic (exact) mass is 323 g/mol. The van der Waals surface area contributed by atoms with Gasteiger partial charge in [-0.15, -0.1) is 0 Å². The fourth-order valence-electron chi connectivity index (χ4n) is 1.70. The van der Waals surface area contributed by atoms with E-state index in [4.69, 9.17) is 4.74 Å². The van der Waals surface area contributed by atoms with Crippen LogP contribution in [0.4, 0.5) is 10.1 Å². The molecule has 0 aromatic heterocycles. The Morgan fingerprint density at radius 1 is 1.16 bits per heavy atom. The molecular formula is C15H15BrFNO. The summed E-state index contributed by atoms with van der Waals surface area (Å²) in [5.41, 5.74) is 1.57. The number of anilines is 1. The Labute approximate surface area is 120 Å². The maximum atomic E-state index is 13.6. The second kappa shape index (κ2) is 6.57. The molecule has 0 bridgehead atoms. The van der Waals surface area contributed by atoms with Gasteiger partial charge in [-0.2, -0.15) is 0 Å². The molecule has 0 aliphatic carbocycles.